The summed E-state index contributed by atoms with van der Waals surface area (Å²) in [5.41, 5.74) is 5.83. The molecule has 22 heavy (non-hydrogen) atoms. The monoisotopic (exact) mass is 323 g/mol. The SMILES string of the molecule is ClC1CCCCCC2=C1N=C1N=C(N3CCOCC3)NN1C2. The minimum absolute atomic E-state index is 0.0348. The number of guanidine groups is 2. The molecular weight excluding hydrogens is 302 g/mol. The number of nitrogens with zero attached hydrogens (tertiary/aromatic N) is 4. The summed E-state index contributed by atoms with van der Waals surface area (Å²) in [6, 6.07) is 0. The molecule has 1 atom stereocenters. The smallest absolute Gasteiger partial charge is 0.248 e. The van der Waals surface area contributed by atoms with Crippen molar-refractivity contribution in [3.63, 3.8) is 0 Å². The van der Waals surface area contributed by atoms with Crippen molar-refractivity contribution in [2.24, 2.45) is 9.98 Å². The molecule has 0 aromatic heterocycles. The zero-order valence-corrected chi connectivity index (χ0v) is 13.5. The van der Waals surface area contributed by atoms with Crippen LogP contribution >= 0.6 is 11.6 Å². The summed E-state index contributed by atoms with van der Waals surface area (Å²) in [5, 5.41) is 2.09. The zero-order chi connectivity index (χ0) is 14.9. The number of rotatable bonds is 0. The van der Waals surface area contributed by atoms with Crippen LogP contribution in [-0.2, 0) is 4.74 Å². The number of hydrogen-bond acceptors (Lipinski definition) is 6. The van der Waals surface area contributed by atoms with Gasteiger partial charge in [0.15, 0.2) is 0 Å². The number of alkyl halides is 1. The van der Waals surface area contributed by atoms with Gasteiger partial charge in [-0.15, -0.1) is 11.6 Å². The van der Waals surface area contributed by atoms with Crippen molar-refractivity contribution < 1.29 is 4.74 Å². The quantitative estimate of drug-likeness (QED) is 0.689. The zero-order valence-electron chi connectivity index (χ0n) is 12.7. The van der Waals surface area contributed by atoms with Crippen LogP contribution < -0.4 is 5.43 Å². The number of fused-ring (bicyclic) bond motifs is 1. The molecule has 7 heteroatoms. The van der Waals surface area contributed by atoms with Gasteiger partial charge in [-0.2, -0.15) is 4.99 Å². The molecule has 4 rings (SSSR count). The second-order valence-corrected chi connectivity index (χ2v) is 6.73. The largest absolute Gasteiger partial charge is 0.378 e. The van der Waals surface area contributed by atoms with Crippen LogP contribution in [-0.4, -0.2) is 60.1 Å². The lowest BCUT2D eigenvalue weighted by Gasteiger charge is -2.31. The number of halogens is 1. The van der Waals surface area contributed by atoms with Crippen LogP contribution in [0.5, 0.6) is 0 Å². The maximum Gasteiger partial charge on any atom is 0.248 e. The molecule has 0 spiro atoms. The molecule has 1 saturated heterocycles. The van der Waals surface area contributed by atoms with Crippen molar-refractivity contribution in [3.05, 3.63) is 11.3 Å². The molecular formula is C15H22ClN5O. The summed E-state index contributed by atoms with van der Waals surface area (Å²) < 4.78 is 5.40. The summed E-state index contributed by atoms with van der Waals surface area (Å²) in [6.45, 7) is 4.10. The molecule has 1 N–H and O–H groups in total. The minimum Gasteiger partial charge on any atom is -0.378 e. The van der Waals surface area contributed by atoms with Gasteiger partial charge in [0.2, 0.25) is 11.9 Å². The molecule has 0 saturated carbocycles. The van der Waals surface area contributed by atoms with Gasteiger partial charge in [-0.1, -0.05) is 12.8 Å². The highest BCUT2D eigenvalue weighted by Crippen LogP contribution is 2.31. The standard InChI is InChI=1S/C15H22ClN5O/c16-12-5-3-1-2-4-11-10-21-14(17-13(11)12)18-15(19-21)20-6-8-22-9-7-20/h12H,1-10H2,(H,17,18,19). The lowest BCUT2D eigenvalue weighted by molar-refractivity contribution is 0.0657. The fourth-order valence-corrected chi connectivity index (χ4v) is 3.75. The fraction of sp³-hybridized carbons (Fsp3) is 0.733. The first kappa shape index (κ1) is 14.3. The van der Waals surface area contributed by atoms with Crippen molar-refractivity contribution in [1.29, 1.82) is 0 Å². The molecule has 4 aliphatic rings. The Labute approximate surface area is 135 Å². The number of hydrogen-bond donors (Lipinski definition) is 1. The van der Waals surface area contributed by atoms with Crippen LogP contribution in [0, 0.1) is 0 Å². The van der Waals surface area contributed by atoms with Crippen molar-refractivity contribution in [3.8, 4) is 0 Å². The first-order valence-electron chi connectivity index (χ1n) is 8.21. The Morgan fingerprint density at radius 1 is 1.14 bits per heavy atom. The van der Waals surface area contributed by atoms with E-state index in [0.717, 1.165) is 63.3 Å². The van der Waals surface area contributed by atoms with E-state index in [1.165, 1.54) is 24.8 Å². The molecule has 6 nitrogen and oxygen atoms in total. The van der Waals surface area contributed by atoms with E-state index in [2.05, 4.69) is 20.3 Å². The van der Waals surface area contributed by atoms with Crippen LogP contribution in [0.4, 0.5) is 0 Å². The van der Waals surface area contributed by atoms with Gasteiger partial charge in [-0.3, -0.25) is 5.43 Å². The second kappa shape index (κ2) is 6.08. The number of nitrogens with one attached hydrogen (secondary N) is 1. The van der Waals surface area contributed by atoms with Gasteiger partial charge in [-0.05, 0) is 24.8 Å². The Morgan fingerprint density at radius 3 is 2.86 bits per heavy atom. The van der Waals surface area contributed by atoms with Crippen LogP contribution in [0.15, 0.2) is 21.3 Å². The van der Waals surface area contributed by atoms with E-state index in [-0.39, 0.29) is 5.38 Å². The lowest BCUT2D eigenvalue weighted by atomic mass is 9.96. The Balaban J connectivity index is 1.57. The Hall–Kier alpha value is -1.27. The molecule has 120 valence electrons. The molecule has 0 amide bonds. The van der Waals surface area contributed by atoms with Gasteiger partial charge in [0.05, 0.1) is 30.8 Å². The number of aliphatic imine (C=N–C) groups is 2. The molecule has 1 fully saturated rings. The van der Waals surface area contributed by atoms with Gasteiger partial charge in [0.1, 0.15) is 0 Å². The van der Waals surface area contributed by atoms with Crippen molar-refractivity contribution >= 4 is 23.5 Å². The highest BCUT2D eigenvalue weighted by molar-refractivity contribution is 6.22. The predicted octanol–water partition coefficient (Wildman–Crippen LogP) is 1.69. The molecule has 3 aliphatic heterocycles. The number of morpholine rings is 1. The van der Waals surface area contributed by atoms with Crippen LogP contribution in [0.2, 0.25) is 0 Å². The highest BCUT2D eigenvalue weighted by atomic mass is 35.5. The predicted molar refractivity (Wildman–Crippen MR) is 86.9 cm³/mol. The average Bonchev–Trinajstić information content (AvgIpc) is 2.95. The Bertz CT molecular complexity index is 538. The molecule has 0 bridgehead atoms. The van der Waals surface area contributed by atoms with E-state index < -0.39 is 0 Å². The molecule has 0 aromatic rings. The van der Waals surface area contributed by atoms with Crippen molar-refractivity contribution in [1.82, 2.24) is 15.3 Å². The third-order valence-electron chi connectivity index (χ3n) is 4.66. The van der Waals surface area contributed by atoms with Crippen molar-refractivity contribution in [2.45, 2.75) is 37.5 Å². The molecule has 0 aromatic carbocycles. The van der Waals surface area contributed by atoms with Crippen molar-refractivity contribution in [2.75, 3.05) is 32.8 Å². The van der Waals surface area contributed by atoms with Gasteiger partial charge in [-0.25, -0.2) is 10.0 Å². The first-order valence-corrected chi connectivity index (χ1v) is 8.65. The van der Waals surface area contributed by atoms with Crippen LogP contribution in [0.3, 0.4) is 0 Å². The lowest BCUT2D eigenvalue weighted by Crippen LogP contribution is -2.50. The molecule has 0 radical (unpaired) electrons. The third-order valence-corrected chi connectivity index (χ3v) is 5.08. The van der Waals surface area contributed by atoms with E-state index in [0.29, 0.717) is 0 Å². The highest BCUT2D eigenvalue weighted by Gasteiger charge is 2.32. The Morgan fingerprint density at radius 2 is 2.00 bits per heavy atom. The summed E-state index contributed by atoms with van der Waals surface area (Å²) in [6.07, 6.45) is 5.81. The van der Waals surface area contributed by atoms with E-state index in [9.17, 15) is 0 Å². The third kappa shape index (κ3) is 2.70. The van der Waals surface area contributed by atoms with Gasteiger partial charge >= 0.3 is 0 Å². The summed E-state index contributed by atoms with van der Waals surface area (Å²) >= 11 is 6.56. The van der Waals surface area contributed by atoms with Crippen LogP contribution in [0.25, 0.3) is 0 Å². The van der Waals surface area contributed by atoms with E-state index in [4.69, 9.17) is 21.3 Å². The molecule has 1 aliphatic carbocycles. The first-order chi connectivity index (χ1) is 10.8. The normalized spacial score (nSPS) is 29.0. The molecule has 3 heterocycles. The number of ether oxygens (including phenoxy) is 1. The van der Waals surface area contributed by atoms with E-state index in [1.54, 1.807) is 0 Å². The summed E-state index contributed by atoms with van der Waals surface area (Å²) in [7, 11) is 0. The maximum atomic E-state index is 6.56. The van der Waals surface area contributed by atoms with Gasteiger partial charge in [0, 0.05) is 13.1 Å². The van der Waals surface area contributed by atoms with Gasteiger partial charge < -0.3 is 9.64 Å². The Kier molecular flexibility index (Phi) is 3.96. The van der Waals surface area contributed by atoms with E-state index >= 15 is 0 Å². The average molecular weight is 324 g/mol. The van der Waals surface area contributed by atoms with E-state index in [1.807, 2.05) is 0 Å². The maximum absolute atomic E-state index is 6.56. The topological polar surface area (TPSA) is 52.5 Å². The van der Waals surface area contributed by atoms with Crippen LogP contribution in [0.1, 0.15) is 32.1 Å². The number of allylic oxidation sites excluding steroid dienone is 1. The summed E-state index contributed by atoms with van der Waals surface area (Å²) in [4.78, 5) is 11.7. The summed E-state index contributed by atoms with van der Waals surface area (Å²) in [5.74, 6) is 1.65. The number of hydrazine groups is 1. The second-order valence-electron chi connectivity index (χ2n) is 6.20. The molecule has 1 unspecified atom stereocenters. The fourth-order valence-electron chi connectivity index (χ4n) is 3.40. The minimum atomic E-state index is 0.0348. The van der Waals surface area contributed by atoms with Gasteiger partial charge in [0.25, 0.3) is 0 Å².